The van der Waals surface area contributed by atoms with E-state index in [1.807, 2.05) is 36.4 Å². The number of aromatic nitrogens is 3. The van der Waals surface area contributed by atoms with E-state index in [9.17, 15) is 0 Å². The zero-order valence-electron chi connectivity index (χ0n) is 19.6. The molecule has 2 aliphatic heterocycles. The summed E-state index contributed by atoms with van der Waals surface area (Å²) in [5.74, 6) is 1.26. The van der Waals surface area contributed by atoms with Gasteiger partial charge in [-0.05, 0) is 36.0 Å². The Kier molecular flexibility index (Phi) is 6.14. The lowest BCUT2D eigenvalue weighted by atomic mass is 9.96. The number of nitrogens with one attached hydrogen (secondary N) is 1. The number of halogens is 1. The average Bonchev–Trinajstić information content (AvgIpc) is 3.37. The van der Waals surface area contributed by atoms with Gasteiger partial charge in [-0.25, -0.2) is 4.98 Å². The molecule has 2 aromatic carbocycles. The zero-order valence-corrected chi connectivity index (χ0v) is 20.4. The van der Waals surface area contributed by atoms with Crippen LogP contribution in [0.15, 0.2) is 60.7 Å². The number of pyridine rings is 1. The number of aromatic amines is 1. The number of ether oxygens (including phenoxy) is 3. The molecule has 4 atom stereocenters. The Morgan fingerprint density at radius 1 is 0.861 bits per heavy atom. The van der Waals surface area contributed by atoms with Crippen LogP contribution in [0.25, 0.3) is 33.5 Å². The van der Waals surface area contributed by atoms with Crippen molar-refractivity contribution in [3.63, 3.8) is 0 Å². The molecule has 0 amide bonds. The van der Waals surface area contributed by atoms with Gasteiger partial charge in [0.05, 0.1) is 35.6 Å². The predicted molar refractivity (Wildman–Crippen MR) is 140 cm³/mol. The standard InChI is InChI=1S/C27H24ClN3O3.C2H2/c28-20-12-21-26(30-23(20)18-10-6-16(7-11-18)15-4-2-1-3-5-15)31-27(29-21)34-22-14-33-24-19(17-8-9-17)13-32-25(22)24;1-2/h1-7,10-12,17,19,22,24-25H,8-9,13-14H2,(H,29,30,31);1-2H/t19?,22-,24?,25?;/m1./s1. The number of hydrogen-bond acceptors (Lipinski definition) is 5. The Hall–Kier alpha value is -3.37. The summed E-state index contributed by atoms with van der Waals surface area (Å²) in [6.07, 6.45) is 10.5. The maximum atomic E-state index is 6.61. The van der Waals surface area contributed by atoms with E-state index >= 15 is 0 Å². The van der Waals surface area contributed by atoms with Crippen molar-refractivity contribution in [2.45, 2.75) is 31.2 Å². The van der Waals surface area contributed by atoms with Gasteiger partial charge in [-0.3, -0.25) is 0 Å². The van der Waals surface area contributed by atoms with Crippen LogP contribution in [0.1, 0.15) is 12.8 Å². The Bertz CT molecular complexity index is 1380. The number of nitrogens with zero attached hydrogens (tertiary/aromatic N) is 2. The van der Waals surface area contributed by atoms with Gasteiger partial charge < -0.3 is 19.2 Å². The van der Waals surface area contributed by atoms with E-state index < -0.39 is 0 Å². The van der Waals surface area contributed by atoms with Crippen molar-refractivity contribution in [2.24, 2.45) is 11.8 Å². The highest BCUT2D eigenvalue weighted by atomic mass is 35.5. The molecule has 3 aliphatic rings. The number of H-pyrrole nitrogens is 1. The van der Waals surface area contributed by atoms with Crippen molar-refractivity contribution in [2.75, 3.05) is 13.2 Å². The summed E-state index contributed by atoms with van der Waals surface area (Å²) in [6.45, 7) is 1.28. The van der Waals surface area contributed by atoms with Crippen molar-refractivity contribution >= 4 is 22.8 Å². The molecule has 2 aromatic heterocycles. The molecule has 1 N–H and O–H groups in total. The molecule has 0 bridgehead atoms. The first-order valence-corrected chi connectivity index (χ1v) is 12.6. The van der Waals surface area contributed by atoms with Crippen LogP contribution in [0.5, 0.6) is 6.01 Å². The van der Waals surface area contributed by atoms with Gasteiger partial charge in [-0.15, -0.1) is 12.8 Å². The van der Waals surface area contributed by atoms with Crippen molar-refractivity contribution in [1.29, 1.82) is 0 Å². The minimum atomic E-state index is -0.171. The summed E-state index contributed by atoms with van der Waals surface area (Å²) in [5.41, 5.74) is 5.26. The summed E-state index contributed by atoms with van der Waals surface area (Å²) >= 11 is 6.61. The Labute approximate surface area is 215 Å². The number of fused-ring (bicyclic) bond motifs is 2. The van der Waals surface area contributed by atoms with Crippen molar-refractivity contribution in [1.82, 2.24) is 15.0 Å². The molecule has 4 aromatic rings. The molecular formula is C29H26ClN3O3. The van der Waals surface area contributed by atoms with E-state index in [2.05, 4.69) is 47.1 Å². The monoisotopic (exact) mass is 499 g/mol. The Morgan fingerprint density at radius 3 is 2.31 bits per heavy atom. The van der Waals surface area contributed by atoms with Gasteiger partial charge in [0.25, 0.3) is 6.01 Å². The molecule has 182 valence electrons. The van der Waals surface area contributed by atoms with Crippen LogP contribution in [-0.4, -0.2) is 46.5 Å². The van der Waals surface area contributed by atoms with Gasteiger partial charge in [0.1, 0.15) is 6.10 Å². The number of imidazole rings is 1. The Morgan fingerprint density at radius 2 is 1.56 bits per heavy atom. The van der Waals surface area contributed by atoms with Gasteiger partial charge in [-0.1, -0.05) is 66.2 Å². The molecule has 7 rings (SSSR count). The van der Waals surface area contributed by atoms with Crippen LogP contribution in [0.3, 0.4) is 0 Å². The zero-order chi connectivity index (χ0) is 24.6. The van der Waals surface area contributed by atoms with E-state index in [1.165, 1.54) is 18.4 Å². The van der Waals surface area contributed by atoms with E-state index in [-0.39, 0.29) is 18.3 Å². The second-order valence-corrected chi connectivity index (χ2v) is 9.84. The van der Waals surface area contributed by atoms with Crippen LogP contribution in [0.4, 0.5) is 0 Å². The van der Waals surface area contributed by atoms with Gasteiger partial charge in [-0.2, -0.15) is 4.98 Å². The Balaban J connectivity index is 0.00000117. The summed E-state index contributed by atoms with van der Waals surface area (Å²) in [4.78, 5) is 12.5. The highest BCUT2D eigenvalue weighted by Crippen LogP contribution is 2.46. The van der Waals surface area contributed by atoms with Crippen LogP contribution < -0.4 is 4.74 Å². The molecular weight excluding hydrogens is 474 g/mol. The van der Waals surface area contributed by atoms with Gasteiger partial charge in [0.15, 0.2) is 11.8 Å². The third-order valence-electron chi connectivity index (χ3n) is 7.21. The fraction of sp³-hybridized carbons (Fsp3) is 0.310. The van der Waals surface area contributed by atoms with Crippen molar-refractivity contribution in [3.05, 3.63) is 65.7 Å². The molecule has 7 heteroatoms. The lowest BCUT2D eigenvalue weighted by molar-refractivity contribution is 0.0253. The van der Waals surface area contributed by atoms with Crippen LogP contribution in [0.2, 0.25) is 5.02 Å². The van der Waals surface area contributed by atoms with E-state index in [0.717, 1.165) is 29.2 Å². The molecule has 4 heterocycles. The van der Waals surface area contributed by atoms with Crippen molar-refractivity contribution in [3.8, 4) is 41.2 Å². The topological polar surface area (TPSA) is 69.3 Å². The number of benzene rings is 2. The van der Waals surface area contributed by atoms with E-state index in [4.69, 9.17) is 30.8 Å². The summed E-state index contributed by atoms with van der Waals surface area (Å²) in [6, 6.07) is 20.8. The molecule has 36 heavy (non-hydrogen) atoms. The maximum absolute atomic E-state index is 6.61. The maximum Gasteiger partial charge on any atom is 0.296 e. The minimum absolute atomic E-state index is 0.0333. The summed E-state index contributed by atoms with van der Waals surface area (Å²) in [7, 11) is 0. The lowest BCUT2D eigenvalue weighted by Crippen LogP contribution is -2.34. The minimum Gasteiger partial charge on any atom is -0.456 e. The van der Waals surface area contributed by atoms with Gasteiger partial charge in [0, 0.05) is 11.5 Å². The third kappa shape index (κ3) is 4.24. The smallest absolute Gasteiger partial charge is 0.296 e. The van der Waals surface area contributed by atoms with E-state index in [0.29, 0.717) is 34.9 Å². The second-order valence-electron chi connectivity index (χ2n) is 9.43. The number of hydrogen-bond donors (Lipinski definition) is 1. The number of rotatable bonds is 5. The summed E-state index contributed by atoms with van der Waals surface area (Å²) < 4.78 is 18.3. The van der Waals surface area contributed by atoms with Crippen molar-refractivity contribution < 1.29 is 14.2 Å². The van der Waals surface area contributed by atoms with E-state index in [1.54, 1.807) is 0 Å². The highest BCUT2D eigenvalue weighted by molar-refractivity contribution is 6.33. The molecule has 1 saturated carbocycles. The molecule has 0 radical (unpaired) electrons. The SMILES string of the molecule is C#C.Clc1cc2[nH]c(O[C@@H]3COC4C(C5CC5)COC43)nc2nc1-c1ccc(-c2ccccc2)cc1. The van der Waals surface area contributed by atoms with Gasteiger partial charge in [0.2, 0.25) is 0 Å². The first-order valence-electron chi connectivity index (χ1n) is 12.2. The molecule has 3 fully saturated rings. The number of terminal acetylenes is 1. The normalized spacial score (nSPS) is 24.8. The van der Waals surface area contributed by atoms with Gasteiger partial charge >= 0.3 is 0 Å². The summed E-state index contributed by atoms with van der Waals surface area (Å²) in [5, 5.41) is 0.561. The molecule has 2 saturated heterocycles. The molecule has 6 nitrogen and oxygen atoms in total. The van der Waals surface area contributed by atoms with Crippen LogP contribution in [-0.2, 0) is 9.47 Å². The largest absolute Gasteiger partial charge is 0.456 e. The average molecular weight is 500 g/mol. The lowest BCUT2D eigenvalue weighted by Gasteiger charge is -2.16. The molecule has 0 spiro atoms. The van der Waals surface area contributed by atoms with Crippen LogP contribution >= 0.6 is 11.6 Å². The molecule has 3 unspecified atom stereocenters. The first kappa shape index (κ1) is 23.1. The third-order valence-corrected chi connectivity index (χ3v) is 7.50. The first-order chi connectivity index (χ1) is 17.7. The quantitative estimate of drug-likeness (QED) is 0.353. The predicted octanol–water partition coefficient (Wildman–Crippen LogP) is 5.77. The fourth-order valence-corrected chi connectivity index (χ4v) is 5.53. The second kappa shape index (κ2) is 9.59. The highest BCUT2D eigenvalue weighted by Gasteiger charge is 2.53. The molecule has 1 aliphatic carbocycles. The fourth-order valence-electron chi connectivity index (χ4n) is 5.27. The van der Waals surface area contributed by atoms with Crippen LogP contribution in [0, 0.1) is 24.7 Å².